The topological polar surface area (TPSA) is 38.0 Å². The molecule has 0 bridgehead atoms. The molecule has 0 heterocycles. The lowest BCUT2D eigenvalue weighted by atomic mass is 10.2. The number of hydrogen-bond donors (Lipinski definition) is 2. The molecule has 1 aromatic rings. The van der Waals surface area contributed by atoms with Gasteiger partial charge in [-0.3, -0.25) is 0 Å². The minimum atomic E-state index is -1.16. The highest BCUT2D eigenvalue weighted by atomic mass is 19.2. The van der Waals surface area contributed by atoms with Gasteiger partial charge in [-0.05, 0) is 32.0 Å². The van der Waals surface area contributed by atoms with Crippen LogP contribution in [0.15, 0.2) is 12.1 Å². The zero-order valence-electron chi connectivity index (χ0n) is 8.90. The van der Waals surface area contributed by atoms with Gasteiger partial charge in [-0.25, -0.2) is 13.2 Å². The van der Waals surface area contributed by atoms with E-state index in [2.05, 4.69) is 5.32 Å². The van der Waals surface area contributed by atoms with Crippen molar-refractivity contribution in [2.24, 2.45) is 5.73 Å². The van der Waals surface area contributed by atoms with E-state index in [0.29, 0.717) is 19.2 Å². The Labute approximate surface area is 92.6 Å². The molecule has 0 saturated heterocycles. The highest BCUT2D eigenvalue weighted by molar-refractivity contribution is 5.19. The van der Waals surface area contributed by atoms with Gasteiger partial charge >= 0.3 is 0 Å². The number of unbranched alkanes of at least 4 members (excludes halogenated alkanes) is 1. The summed E-state index contributed by atoms with van der Waals surface area (Å²) in [6.07, 6.45) is 1.76. The van der Waals surface area contributed by atoms with E-state index in [4.69, 9.17) is 5.73 Å². The lowest BCUT2D eigenvalue weighted by Gasteiger charge is -2.06. The minimum absolute atomic E-state index is 0.131. The molecule has 0 aliphatic heterocycles. The molecule has 0 atom stereocenters. The van der Waals surface area contributed by atoms with Crippen LogP contribution in [0.2, 0.25) is 0 Å². The molecule has 1 rings (SSSR count). The van der Waals surface area contributed by atoms with Crippen LogP contribution in [0.3, 0.4) is 0 Å². The highest BCUT2D eigenvalue weighted by Gasteiger charge is 2.08. The maximum Gasteiger partial charge on any atom is 0.161 e. The summed E-state index contributed by atoms with van der Waals surface area (Å²) in [5, 5.41) is 2.94. The van der Waals surface area contributed by atoms with Crippen molar-refractivity contribution in [3.63, 3.8) is 0 Å². The molecule has 0 fully saturated rings. The van der Waals surface area contributed by atoms with Gasteiger partial charge in [0.05, 0.1) is 0 Å². The molecule has 0 unspecified atom stereocenters. The first-order chi connectivity index (χ1) is 7.65. The van der Waals surface area contributed by atoms with Crippen LogP contribution in [0.4, 0.5) is 13.2 Å². The first-order valence-electron chi connectivity index (χ1n) is 5.19. The Hall–Kier alpha value is -1.07. The number of nitrogens with two attached hydrogens (primary N) is 1. The largest absolute Gasteiger partial charge is 0.330 e. The van der Waals surface area contributed by atoms with Crippen LogP contribution in [0.5, 0.6) is 0 Å². The zero-order valence-corrected chi connectivity index (χ0v) is 8.90. The molecule has 90 valence electrons. The maximum absolute atomic E-state index is 13.1. The zero-order chi connectivity index (χ0) is 12.0. The highest BCUT2D eigenvalue weighted by Crippen LogP contribution is 2.13. The number of halogens is 3. The van der Waals surface area contributed by atoms with Crippen molar-refractivity contribution >= 4 is 0 Å². The maximum atomic E-state index is 13.1. The first kappa shape index (κ1) is 13.0. The van der Waals surface area contributed by atoms with Gasteiger partial charge in [-0.1, -0.05) is 0 Å². The van der Waals surface area contributed by atoms with Gasteiger partial charge in [0.15, 0.2) is 11.6 Å². The van der Waals surface area contributed by atoms with Crippen LogP contribution in [-0.2, 0) is 6.54 Å². The fraction of sp³-hybridized carbons (Fsp3) is 0.455. The Morgan fingerprint density at radius 1 is 1.00 bits per heavy atom. The normalized spacial score (nSPS) is 10.8. The molecule has 2 nitrogen and oxygen atoms in total. The van der Waals surface area contributed by atoms with Gasteiger partial charge in [-0.15, -0.1) is 0 Å². The lowest BCUT2D eigenvalue weighted by molar-refractivity contribution is 0.486. The number of hydrogen-bond acceptors (Lipinski definition) is 2. The Morgan fingerprint density at radius 2 is 1.69 bits per heavy atom. The molecule has 0 aliphatic carbocycles. The van der Waals surface area contributed by atoms with Crippen molar-refractivity contribution in [1.29, 1.82) is 0 Å². The summed E-state index contributed by atoms with van der Waals surface area (Å²) in [6.45, 7) is 1.48. The van der Waals surface area contributed by atoms with Crippen molar-refractivity contribution < 1.29 is 13.2 Å². The summed E-state index contributed by atoms with van der Waals surface area (Å²) in [6, 6.07) is 1.44. The third-order valence-corrected chi connectivity index (χ3v) is 2.21. The van der Waals surface area contributed by atoms with Gasteiger partial charge in [0.2, 0.25) is 0 Å². The van der Waals surface area contributed by atoms with E-state index in [-0.39, 0.29) is 12.1 Å². The average molecular weight is 232 g/mol. The Balaban J connectivity index is 2.45. The Morgan fingerprint density at radius 3 is 2.38 bits per heavy atom. The molecule has 0 saturated carbocycles. The molecule has 0 radical (unpaired) electrons. The molecular formula is C11H15F3N2. The number of nitrogens with one attached hydrogen (secondary N) is 1. The molecule has 3 N–H and O–H groups in total. The van der Waals surface area contributed by atoms with Crippen molar-refractivity contribution in [2.45, 2.75) is 19.4 Å². The SMILES string of the molecule is NCCCCNCc1cc(F)c(F)cc1F. The second-order valence-electron chi connectivity index (χ2n) is 3.53. The van der Waals surface area contributed by atoms with Crippen LogP contribution in [-0.4, -0.2) is 13.1 Å². The van der Waals surface area contributed by atoms with E-state index in [9.17, 15) is 13.2 Å². The molecule has 0 aromatic heterocycles. The van der Waals surface area contributed by atoms with Crippen molar-refractivity contribution in [1.82, 2.24) is 5.32 Å². The van der Waals surface area contributed by atoms with Crippen LogP contribution in [0.25, 0.3) is 0 Å². The quantitative estimate of drug-likeness (QED) is 0.581. The van der Waals surface area contributed by atoms with Gasteiger partial charge in [-0.2, -0.15) is 0 Å². The smallest absolute Gasteiger partial charge is 0.161 e. The fourth-order valence-electron chi connectivity index (χ4n) is 1.32. The van der Waals surface area contributed by atoms with Gasteiger partial charge in [0, 0.05) is 18.2 Å². The van der Waals surface area contributed by atoms with Gasteiger partial charge < -0.3 is 11.1 Å². The second-order valence-corrected chi connectivity index (χ2v) is 3.53. The third kappa shape index (κ3) is 3.83. The fourth-order valence-corrected chi connectivity index (χ4v) is 1.32. The van der Waals surface area contributed by atoms with Crippen LogP contribution in [0, 0.1) is 17.5 Å². The predicted octanol–water partition coefficient (Wildman–Crippen LogP) is 1.93. The Kier molecular flexibility index (Phi) is 5.28. The molecule has 0 amide bonds. The number of benzene rings is 1. The third-order valence-electron chi connectivity index (χ3n) is 2.21. The average Bonchev–Trinajstić information content (AvgIpc) is 2.25. The molecule has 5 heteroatoms. The monoisotopic (exact) mass is 232 g/mol. The molecule has 0 aliphatic rings. The van der Waals surface area contributed by atoms with Gasteiger partial charge in [0.25, 0.3) is 0 Å². The van der Waals surface area contributed by atoms with Crippen LogP contribution < -0.4 is 11.1 Å². The molecular weight excluding hydrogens is 217 g/mol. The first-order valence-corrected chi connectivity index (χ1v) is 5.19. The van der Waals surface area contributed by atoms with E-state index in [1.54, 1.807) is 0 Å². The summed E-state index contributed by atoms with van der Waals surface area (Å²) >= 11 is 0. The van der Waals surface area contributed by atoms with Crippen molar-refractivity contribution in [3.05, 3.63) is 35.1 Å². The van der Waals surface area contributed by atoms with Crippen molar-refractivity contribution in [2.75, 3.05) is 13.1 Å². The summed E-state index contributed by atoms with van der Waals surface area (Å²) < 4.78 is 38.5. The molecule has 16 heavy (non-hydrogen) atoms. The number of rotatable bonds is 6. The van der Waals surface area contributed by atoms with E-state index in [1.807, 2.05) is 0 Å². The Bertz CT molecular complexity index is 342. The van der Waals surface area contributed by atoms with E-state index >= 15 is 0 Å². The van der Waals surface area contributed by atoms with E-state index in [0.717, 1.165) is 18.9 Å². The summed E-state index contributed by atoms with van der Waals surface area (Å²) in [4.78, 5) is 0. The summed E-state index contributed by atoms with van der Waals surface area (Å²) in [5.41, 5.74) is 5.43. The molecule has 0 spiro atoms. The minimum Gasteiger partial charge on any atom is -0.330 e. The lowest BCUT2D eigenvalue weighted by Crippen LogP contribution is -2.17. The molecule has 1 aromatic carbocycles. The summed E-state index contributed by atoms with van der Waals surface area (Å²) in [7, 11) is 0. The van der Waals surface area contributed by atoms with E-state index < -0.39 is 17.5 Å². The summed E-state index contributed by atoms with van der Waals surface area (Å²) in [5.74, 6) is -2.92. The second kappa shape index (κ2) is 6.50. The van der Waals surface area contributed by atoms with Gasteiger partial charge in [0.1, 0.15) is 5.82 Å². The van der Waals surface area contributed by atoms with Crippen LogP contribution >= 0.6 is 0 Å². The predicted molar refractivity (Wildman–Crippen MR) is 56.3 cm³/mol. The standard InChI is InChI=1S/C11H15F3N2/c12-9-6-11(14)10(13)5-8(9)7-16-4-2-1-3-15/h5-6,16H,1-4,7,15H2. The van der Waals surface area contributed by atoms with Crippen LogP contribution in [0.1, 0.15) is 18.4 Å². The van der Waals surface area contributed by atoms with Crippen molar-refractivity contribution in [3.8, 4) is 0 Å². The van der Waals surface area contributed by atoms with E-state index in [1.165, 1.54) is 0 Å².